The first kappa shape index (κ1) is 16.0. The van der Waals surface area contributed by atoms with Gasteiger partial charge in [-0.1, -0.05) is 0 Å². The second-order valence-electron chi connectivity index (χ2n) is 4.08. The summed E-state index contributed by atoms with van der Waals surface area (Å²) in [6.07, 6.45) is 2.58. The largest absolute Gasteiger partial charge is 0.382 e. The van der Waals surface area contributed by atoms with Crippen molar-refractivity contribution in [2.45, 2.75) is 6.42 Å². The molecule has 0 unspecified atom stereocenters. The summed E-state index contributed by atoms with van der Waals surface area (Å²) in [4.78, 5) is 0. The SMILES string of the molecule is COCCOCCOCCNCCc1nncn1C. The lowest BCUT2D eigenvalue weighted by Crippen LogP contribution is -2.23. The molecule has 1 rings (SSSR count). The summed E-state index contributed by atoms with van der Waals surface area (Å²) in [5, 5.41) is 11.1. The van der Waals surface area contributed by atoms with Crippen LogP contribution >= 0.6 is 0 Å². The molecule has 0 spiro atoms. The molecule has 0 atom stereocenters. The van der Waals surface area contributed by atoms with E-state index >= 15 is 0 Å². The van der Waals surface area contributed by atoms with Crippen molar-refractivity contribution in [3.63, 3.8) is 0 Å². The Kier molecular flexibility index (Phi) is 9.17. The molecule has 0 saturated heterocycles. The van der Waals surface area contributed by atoms with Gasteiger partial charge in [-0.25, -0.2) is 0 Å². The molecule has 7 heteroatoms. The Hall–Kier alpha value is -1.02. The molecule has 0 bridgehead atoms. The molecule has 0 amide bonds. The molecule has 1 N–H and O–H groups in total. The second-order valence-corrected chi connectivity index (χ2v) is 4.08. The summed E-state index contributed by atoms with van der Waals surface area (Å²) < 4.78 is 17.5. The lowest BCUT2D eigenvalue weighted by molar-refractivity contribution is 0.0256. The van der Waals surface area contributed by atoms with Gasteiger partial charge in [0.25, 0.3) is 0 Å². The van der Waals surface area contributed by atoms with Gasteiger partial charge in [0, 0.05) is 33.7 Å². The van der Waals surface area contributed by atoms with Gasteiger partial charge in [0.1, 0.15) is 12.2 Å². The van der Waals surface area contributed by atoms with Crippen molar-refractivity contribution < 1.29 is 14.2 Å². The van der Waals surface area contributed by atoms with E-state index in [4.69, 9.17) is 14.2 Å². The Morgan fingerprint density at radius 2 is 1.84 bits per heavy atom. The Morgan fingerprint density at radius 3 is 2.53 bits per heavy atom. The van der Waals surface area contributed by atoms with E-state index in [-0.39, 0.29) is 0 Å². The topological polar surface area (TPSA) is 70.4 Å². The fraction of sp³-hybridized carbons (Fsp3) is 0.833. The van der Waals surface area contributed by atoms with E-state index in [2.05, 4.69) is 15.5 Å². The van der Waals surface area contributed by atoms with Crippen molar-refractivity contribution in [1.82, 2.24) is 20.1 Å². The van der Waals surface area contributed by atoms with Gasteiger partial charge in [0.05, 0.1) is 33.0 Å². The fourth-order valence-electron chi connectivity index (χ4n) is 1.47. The Bertz CT molecular complexity index is 320. The van der Waals surface area contributed by atoms with Gasteiger partial charge in [0.2, 0.25) is 0 Å². The summed E-state index contributed by atoms with van der Waals surface area (Å²) in [6, 6.07) is 0. The van der Waals surface area contributed by atoms with Crippen molar-refractivity contribution in [3.8, 4) is 0 Å². The van der Waals surface area contributed by atoms with Crippen molar-refractivity contribution in [1.29, 1.82) is 0 Å². The molecule has 0 saturated carbocycles. The molecular weight excluding hydrogens is 248 g/mol. The minimum absolute atomic E-state index is 0.613. The van der Waals surface area contributed by atoms with E-state index in [1.54, 1.807) is 13.4 Å². The van der Waals surface area contributed by atoms with E-state index < -0.39 is 0 Å². The van der Waals surface area contributed by atoms with Crippen LogP contribution in [0.5, 0.6) is 0 Å². The Labute approximate surface area is 114 Å². The number of nitrogens with one attached hydrogen (secondary N) is 1. The van der Waals surface area contributed by atoms with Crippen molar-refractivity contribution in [2.75, 3.05) is 53.2 Å². The van der Waals surface area contributed by atoms with Crippen LogP contribution in [0.4, 0.5) is 0 Å². The molecule has 1 heterocycles. The fourth-order valence-corrected chi connectivity index (χ4v) is 1.47. The van der Waals surface area contributed by atoms with Gasteiger partial charge in [-0.15, -0.1) is 10.2 Å². The van der Waals surface area contributed by atoms with E-state index in [0.717, 1.165) is 25.3 Å². The highest BCUT2D eigenvalue weighted by molar-refractivity contribution is 4.84. The molecule has 1 aromatic heterocycles. The third kappa shape index (κ3) is 7.89. The number of rotatable bonds is 12. The van der Waals surface area contributed by atoms with Gasteiger partial charge in [0.15, 0.2) is 0 Å². The highest BCUT2D eigenvalue weighted by Crippen LogP contribution is 1.90. The van der Waals surface area contributed by atoms with E-state index in [9.17, 15) is 0 Å². The third-order valence-corrected chi connectivity index (χ3v) is 2.56. The Morgan fingerprint density at radius 1 is 1.11 bits per heavy atom. The predicted octanol–water partition coefficient (Wildman–Crippen LogP) is -0.373. The molecule has 0 aliphatic rings. The normalized spacial score (nSPS) is 11.1. The lowest BCUT2D eigenvalue weighted by Gasteiger charge is -2.06. The number of methoxy groups -OCH3 is 1. The van der Waals surface area contributed by atoms with Crippen LogP contribution in [0, 0.1) is 0 Å². The third-order valence-electron chi connectivity index (χ3n) is 2.56. The molecule has 0 radical (unpaired) electrons. The first-order valence-electron chi connectivity index (χ1n) is 6.52. The van der Waals surface area contributed by atoms with Crippen molar-refractivity contribution >= 4 is 0 Å². The van der Waals surface area contributed by atoms with Crippen molar-refractivity contribution in [2.24, 2.45) is 7.05 Å². The maximum absolute atomic E-state index is 5.41. The average molecular weight is 272 g/mol. The quantitative estimate of drug-likeness (QED) is 0.523. The number of aryl methyl sites for hydroxylation is 1. The number of nitrogens with zero attached hydrogens (tertiary/aromatic N) is 3. The minimum Gasteiger partial charge on any atom is -0.382 e. The monoisotopic (exact) mass is 272 g/mol. The molecule has 7 nitrogen and oxygen atoms in total. The number of aromatic nitrogens is 3. The van der Waals surface area contributed by atoms with E-state index in [1.165, 1.54) is 0 Å². The van der Waals surface area contributed by atoms with Crippen LogP contribution in [0.1, 0.15) is 5.82 Å². The zero-order valence-electron chi connectivity index (χ0n) is 11.8. The van der Waals surface area contributed by atoms with Crippen molar-refractivity contribution in [3.05, 3.63) is 12.2 Å². The smallest absolute Gasteiger partial charge is 0.133 e. The number of hydrogen-bond acceptors (Lipinski definition) is 6. The standard InChI is InChI=1S/C12H24N4O3/c1-16-11-14-15-12(16)3-4-13-5-6-18-9-10-19-8-7-17-2/h11,13H,3-10H2,1-2H3. The first-order valence-corrected chi connectivity index (χ1v) is 6.52. The van der Waals surface area contributed by atoms with Crippen LogP contribution in [0.2, 0.25) is 0 Å². The predicted molar refractivity (Wildman–Crippen MR) is 71.1 cm³/mol. The van der Waals surface area contributed by atoms with Gasteiger partial charge >= 0.3 is 0 Å². The summed E-state index contributed by atoms with van der Waals surface area (Å²) >= 11 is 0. The molecule has 0 aliphatic heterocycles. The van der Waals surface area contributed by atoms with Crippen LogP contribution in [-0.4, -0.2) is 68.0 Å². The second kappa shape index (κ2) is 10.9. The van der Waals surface area contributed by atoms with Crippen LogP contribution in [0.3, 0.4) is 0 Å². The van der Waals surface area contributed by atoms with Gasteiger partial charge < -0.3 is 24.1 Å². The van der Waals surface area contributed by atoms with Crippen LogP contribution < -0.4 is 5.32 Å². The van der Waals surface area contributed by atoms with E-state index in [1.807, 2.05) is 11.6 Å². The molecule has 19 heavy (non-hydrogen) atoms. The summed E-state index contributed by atoms with van der Waals surface area (Å²) in [5.41, 5.74) is 0. The molecule has 110 valence electrons. The Balaban J connectivity index is 1.80. The molecule has 0 aromatic carbocycles. The molecule has 0 fully saturated rings. The maximum Gasteiger partial charge on any atom is 0.133 e. The zero-order valence-corrected chi connectivity index (χ0v) is 11.8. The average Bonchev–Trinajstić information content (AvgIpc) is 2.82. The summed E-state index contributed by atoms with van der Waals surface area (Å²) in [6.45, 7) is 4.87. The van der Waals surface area contributed by atoms with Gasteiger partial charge in [-0.2, -0.15) is 0 Å². The maximum atomic E-state index is 5.41. The summed E-state index contributed by atoms with van der Waals surface area (Å²) in [5.74, 6) is 0.986. The number of ether oxygens (including phenoxy) is 3. The minimum atomic E-state index is 0.613. The van der Waals surface area contributed by atoms with Crippen LogP contribution in [0.15, 0.2) is 6.33 Å². The van der Waals surface area contributed by atoms with Crippen LogP contribution in [0.25, 0.3) is 0 Å². The first-order chi connectivity index (χ1) is 9.34. The molecule has 0 aliphatic carbocycles. The highest BCUT2D eigenvalue weighted by atomic mass is 16.5. The highest BCUT2D eigenvalue weighted by Gasteiger charge is 1.99. The van der Waals surface area contributed by atoms with Gasteiger partial charge in [-0.3, -0.25) is 0 Å². The summed E-state index contributed by atoms with van der Waals surface area (Å²) in [7, 11) is 3.61. The van der Waals surface area contributed by atoms with E-state index in [0.29, 0.717) is 33.0 Å². The van der Waals surface area contributed by atoms with Crippen LogP contribution in [-0.2, 0) is 27.7 Å². The lowest BCUT2D eigenvalue weighted by atomic mass is 10.4. The number of hydrogen-bond donors (Lipinski definition) is 1. The zero-order chi connectivity index (χ0) is 13.8. The van der Waals surface area contributed by atoms with Gasteiger partial charge in [-0.05, 0) is 0 Å². The molecule has 1 aromatic rings. The molecular formula is C12H24N4O3.